The second-order valence-corrected chi connectivity index (χ2v) is 6.34. The average molecular weight is 348 g/mol. The number of aromatic nitrogens is 1. The molecule has 132 valence electrons. The van der Waals surface area contributed by atoms with Crippen LogP contribution in [0.25, 0.3) is 10.9 Å². The van der Waals surface area contributed by atoms with E-state index in [1.165, 1.54) is 0 Å². The Bertz CT molecular complexity index is 903. The van der Waals surface area contributed by atoms with Crippen LogP contribution in [0.5, 0.6) is 5.75 Å². The maximum atomic E-state index is 12.4. The molecule has 0 saturated carbocycles. The molecule has 1 amide bonds. The molecule has 0 radical (unpaired) electrons. The summed E-state index contributed by atoms with van der Waals surface area (Å²) in [7, 11) is 0. The summed E-state index contributed by atoms with van der Waals surface area (Å²) < 4.78 is 11.3. The number of fused-ring (bicyclic) bond motifs is 1. The van der Waals surface area contributed by atoms with Crippen molar-refractivity contribution in [1.29, 1.82) is 0 Å². The van der Waals surface area contributed by atoms with Gasteiger partial charge in [-0.2, -0.15) is 0 Å². The van der Waals surface area contributed by atoms with Gasteiger partial charge in [0.05, 0.1) is 23.5 Å². The number of amides is 1. The fourth-order valence-corrected chi connectivity index (χ4v) is 3.01. The molecular weight excluding hydrogens is 328 g/mol. The van der Waals surface area contributed by atoms with Crippen molar-refractivity contribution in [2.24, 2.45) is 0 Å². The van der Waals surface area contributed by atoms with Gasteiger partial charge in [0.1, 0.15) is 12.4 Å². The number of hydrogen-bond donors (Lipinski definition) is 1. The first kappa shape index (κ1) is 16.5. The van der Waals surface area contributed by atoms with Gasteiger partial charge in [-0.25, -0.2) is 0 Å². The molecule has 1 fully saturated rings. The summed E-state index contributed by atoms with van der Waals surface area (Å²) in [5.41, 5.74) is 2.15. The van der Waals surface area contributed by atoms with Gasteiger partial charge in [-0.15, -0.1) is 0 Å². The third-order valence-electron chi connectivity index (χ3n) is 4.42. The van der Waals surface area contributed by atoms with E-state index in [1.54, 1.807) is 18.3 Å². The molecule has 0 aliphatic carbocycles. The van der Waals surface area contributed by atoms with E-state index in [9.17, 15) is 4.79 Å². The predicted octanol–water partition coefficient (Wildman–Crippen LogP) is 4.04. The minimum atomic E-state index is -0.173. The lowest BCUT2D eigenvalue weighted by Crippen LogP contribution is -2.16. The normalized spacial score (nSPS) is 16.5. The van der Waals surface area contributed by atoms with Crippen molar-refractivity contribution in [3.8, 4) is 5.75 Å². The number of ether oxygens (including phenoxy) is 2. The first-order valence-corrected chi connectivity index (χ1v) is 8.78. The lowest BCUT2D eigenvalue weighted by Gasteiger charge is -2.12. The highest BCUT2D eigenvalue weighted by atomic mass is 16.5. The van der Waals surface area contributed by atoms with Gasteiger partial charge in [0.15, 0.2) is 0 Å². The Balaban J connectivity index is 1.38. The van der Waals surface area contributed by atoms with Crippen molar-refractivity contribution in [2.75, 3.05) is 18.5 Å². The number of benzene rings is 2. The van der Waals surface area contributed by atoms with Crippen LogP contribution < -0.4 is 10.1 Å². The summed E-state index contributed by atoms with van der Waals surface area (Å²) >= 11 is 0. The van der Waals surface area contributed by atoms with Crippen LogP contribution in [0.3, 0.4) is 0 Å². The van der Waals surface area contributed by atoms with Gasteiger partial charge >= 0.3 is 0 Å². The number of nitrogens with zero attached hydrogens (tertiary/aromatic N) is 1. The number of rotatable bonds is 5. The molecule has 1 aliphatic heterocycles. The third-order valence-corrected chi connectivity index (χ3v) is 4.42. The summed E-state index contributed by atoms with van der Waals surface area (Å²) in [4.78, 5) is 16.8. The van der Waals surface area contributed by atoms with Crippen molar-refractivity contribution in [3.05, 3.63) is 66.4 Å². The molecule has 1 saturated heterocycles. The number of pyridine rings is 1. The number of hydrogen-bond acceptors (Lipinski definition) is 4. The zero-order chi connectivity index (χ0) is 17.8. The Labute approximate surface area is 152 Å². The van der Waals surface area contributed by atoms with E-state index >= 15 is 0 Å². The molecule has 0 spiro atoms. The topological polar surface area (TPSA) is 60.5 Å². The van der Waals surface area contributed by atoms with Crippen LogP contribution >= 0.6 is 0 Å². The molecule has 5 heteroatoms. The van der Waals surface area contributed by atoms with Crippen molar-refractivity contribution in [1.82, 2.24) is 4.98 Å². The van der Waals surface area contributed by atoms with Gasteiger partial charge in [0.2, 0.25) is 0 Å². The Morgan fingerprint density at radius 3 is 2.85 bits per heavy atom. The minimum Gasteiger partial charge on any atom is -0.491 e. The highest BCUT2D eigenvalue weighted by Crippen LogP contribution is 2.19. The quantitative estimate of drug-likeness (QED) is 0.756. The summed E-state index contributed by atoms with van der Waals surface area (Å²) in [5, 5.41) is 3.87. The number of carbonyl (C=O) groups is 1. The second-order valence-electron chi connectivity index (χ2n) is 6.34. The summed E-state index contributed by atoms with van der Waals surface area (Å²) in [6, 6.07) is 16.9. The van der Waals surface area contributed by atoms with Crippen LogP contribution in [0.2, 0.25) is 0 Å². The molecule has 0 unspecified atom stereocenters. The standard InChI is InChI=1S/C21H20N2O3/c24-21(23-17-12-16-4-1-2-6-20(16)22-13-17)15-7-9-18(10-8-15)26-14-19-5-3-11-25-19/h1-2,4,6-10,12-13,19H,3,5,11,14H2,(H,23,24)/t19-/m1/s1. The molecular formula is C21H20N2O3. The molecule has 1 N–H and O–H groups in total. The molecule has 1 atom stereocenters. The summed E-state index contributed by atoms with van der Waals surface area (Å²) in [6.45, 7) is 1.37. The van der Waals surface area contributed by atoms with Crippen LogP contribution in [0.15, 0.2) is 60.8 Å². The molecule has 1 aromatic heterocycles. The van der Waals surface area contributed by atoms with E-state index < -0.39 is 0 Å². The number of nitrogens with one attached hydrogen (secondary N) is 1. The zero-order valence-corrected chi connectivity index (χ0v) is 14.4. The Hall–Kier alpha value is -2.92. The van der Waals surface area contributed by atoms with Crippen LogP contribution in [-0.4, -0.2) is 30.2 Å². The van der Waals surface area contributed by atoms with Crippen molar-refractivity contribution in [2.45, 2.75) is 18.9 Å². The van der Waals surface area contributed by atoms with Gasteiger partial charge in [0.25, 0.3) is 5.91 Å². The SMILES string of the molecule is O=C(Nc1cnc2ccccc2c1)c1ccc(OC[C@H]2CCCO2)cc1. The van der Waals surface area contributed by atoms with E-state index in [0.29, 0.717) is 17.9 Å². The number of para-hydroxylation sites is 1. The fourth-order valence-electron chi connectivity index (χ4n) is 3.01. The third kappa shape index (κ3) is 3.83. The molecule has 5 nitrogen and oxygen atoms in total. The fraction of sp³-hybridized carbons (Fsp3) is 0.238. The van der Waals surface area contributed by atoms with Crippen LogP contribution in [0, 0.1) is 0 Å². The second kappa shape index (κ2) is 7.54. The molecule has 2 aromatic carbocycles. The maximum Gasteiger partial charge on any atom is 0.255 e. The monoisotopic (exact) mass is 348 g/mol. The maximum absolute atomic E-state index is 12.4. The van der Waals surface area contributed by atoms with Gasteiger partial charge < -0.3 is 14.8 Å². The Kier molecular flexibility index (Phi) is 4.80. The van der Waals surface area contributed by atoms with Crippen LogP contribution in [-0.2, 0) is 4.74 Å². The van der Waals surface area contributed by atoms with E-state index in [4.69, 9.17) is 9.47 Å². The first-order chi connectivity index (χ1) is 12.8. The first-order valence-electron chi connectivity index (χ1n) is 8.78. The van der Waals surface area contributed by atoms with Crippen molar-refractivity contribution >= 4 is 22.5 Å². The van der Waals surface area contributed by atoms with Crippen LogP contribution in [0.4, 0.5) is 5.69 Å². The van der Waals surface area contributed by atoms with Gasteiger partial charge in [-0.05, 0) is 49.2 Å². The highest BCUT2D eigenvalue weighted by Gasteiger charge is 2.16. The zero-order valence-electron chi connectivity index (χ0n) is 14.4. The average Bonchev–Trinajstić information content (AvgIpc) is 3.20. The minimum absolute atomic E-state index is 0.173. The van der Waals surface area contributed by atoms with Gasteiger partial charge in [-0.1, -0.05) is 18.2 Å². The van der Waals surface area contributed by atoms with E-state index in [-0.39, 0.29) is 12.0 Å². The van der Waals surface area contributed by atoms with Crippen molar-refractivity contribution < 1.29 is 14.3 Å². The van der Waals surface area contributed by atoms with Crippen LogP contribution in [0.1, 0.15) is 23.2 Å². The van der Waals surface area contributed by atoms with Crippen molar-refractivity contribution in [3.63, 3.8) is 0 Å². The smallest absolute Gasteiger partial charge is 0.255 e. The molecule has 3 aromatic rings. The molecule has 2 heterocycles. The molecule has 26 heavy (non-hydrogen) atoms. The molecule has 4 rings (SSSR count). The number of carbonyl (C=O) groups excluding carboxylic acids is 1. The Morgan fingerprint density at radius 1 is 1.19 bits per heavy atom. The van der Waals surface area contributed by atoms with Gasteiger partial charge in [-0.3, -0.25) is 9.78 Å². The summed E-state index contributed by atoms with van der Waals surface area (Å²) in [5.74, 6) is 0.567. The lowest BCUT2D eigenvalue weighted by atomic mass is 10.2. The summed E-state index contributed by atoms with van der Waals surface area (Å²) in [6.07, 6.45) is 3.98. The van der Waals surface area contributed by atoms with E-state index in [0.717, 1.165) is 36.1 Å². The number of anilines is 1. The lowest BCUT2D eigenvalue weighted by molar-refractivity contribution is 0.0679. The molecule has 1 aliphatic rings. The largest absolute Gasteiger partial charge is 0.491 e. The van der Waals surface area contributed by atoms with Gasteiger partial charge in [0, 0.05) is 17.6 Å². The Morgan fingerprint density at radius 2 is 2.04 bits per heavy atom. The predicted molar refractivity (Wildman–Crippen MR) is 101 cm³/mol. The molecule has 0 bridgehead atoms. The highest BCUT2D eigenvalue weighted by molar-refractivity contribution is 6.04. The van der Waals surface area contributed by atoms with E-state index in [1.807, 2.05) is 42.5 Å². The van der Waals surface area contributed by atoms with E-state index in [2.05, 4.69) is 10.3 Å².